The topological polar surface area (TPSA) is 90.2 Å². The quantitative estimate of drug-likeness (QED) is 0.382. The number of carbonyl (C=O) groups is 1. The molecule has 1 amide bonds. The summed E-state index contributed by atoms with van der Waals surface area (Å²) in [6.45, 7) is 1.11. The number of para-hydroxylation sites is 3. The molecule has 2 aromatic heterocycles. The Kier molecular flexibility index (Phi) is 5.86. The molecule has 3 heterocycles. The monoisotopic (exact) mass is 478 g/mol. The fraction of sp³-hybridized carbons (Fsp3) is 0.231. The van der Waals surface area contributed by atoms with Crippen LogP contribution in [-0.2, 0) is 0 Å². The number of alkyl halides is 2. The van der Waals surface area contributed by atoms with Crippen molar-refractivity contribution in [3.63, 3.8) is 0 Å². The molecule has 3 N–H and O–H groups in total. The fourth-order valence-electron chi connectivity index (χ4n) is 4.40. The zero-order valence-corrected chi connectivity index (χ0v) is 19.0. The second-order valence-corrected chi connectivity index (χ2v) is 8.64. The highest BCUT2D eigenvalue weighted by molar-refractivity contribution is 6.07. The number of halogens is 2. The van der Waals surface area contributed by atoms with Crippen molar-refractivity contribution >= 4 is 22.4 Å². The summed E-state index contributed by atoms with van der Waals surface area (Å²) in [5.74, 6) is -3.82. The summed E-state index contributed by atoms with van der Waals surface area (Å²) in [5.41, 5.74) is 0.585. The molecule has 1 fully saturated rings. The third-order valence-corrected chi connectivity index (χ3v) is 6.24. The number of amides is 1. The Morgan fingerprint density at radius 1 is 1.14 bits per heavy atom. The maximum absolute atomic E-state index is 14.6. The van der Waals surface area contributed by atoms with Gasteiger partial charge in [0, 0.05) is 30.4 Å². The van der Waals surface area contributed by atoms with Crippen LogP contribution in [0, 0.1) is 12.8 Å². The van der Waals surface area contributed by atoms with E-state index in [0.717, 1.165) is 0 Å². The number of fused-ring (bicyclic) bond motifs is 1. The summed E-state index contributed by atoms with van der Waals surface area (Å²) in [5, 5.41) is 3.72. The Balaban J connectivity index is 1.58. The predicted molar refractivity (Wildman–Crippen MR) is 130 cm³/mol. The van der Waals surface area contributed by atoms with Crippen molar-refractivity contribution < 1.29 is 18.3 Å². The van der Waals surface area contributed by atoms with E-state index in [0.29, 0.717) is 33.7 Å². The number of H-pyrrole nitrogens is 2. The Morgan fingerprint density at radius 2 is 1.89 bits per heavy atom. The minimum atomic E-state index is -2.98. The number of aromatic amines is 2. The van der Waals surface area contributed by atoms with Crippen molar-refractivity contribution in [1.82, 2.24) is 15.3 Å². The summed E-state index contributed by atoms with van der Waals surface area (Å²) in [6.07, 6.45) is 1.64. The predicted octanol–water partition coefficient (Wildman–Crippen LogP) is 4.46. The van der Waals surface area contributed by atoms with Gasteiger partial charge in [0.15, 0.2) is 5.75 Å². The molecule has 1 saturated heterocycles. The molecule has 4 aromatic rings. The Hall–Kier alpha value is -3.98. The number of nitrogens with zero attached hydrogens (tertiary/aromatic N) is 1. The standard InChI is InChI=1S/C26H24F2N4O3/c1-16-23-17(12-30-16)11-20(31-24(23)33)25(34)32(14-18-13-29-15-26(18,27)28)21-9-5-6-10-22(21)35-19-7-3-2-4-8-19/h2-12,18,29-30H,13-15H2,1H3,(H,31,33). The molecule has 5 rings (SSSR count). The molecular formula is C26H24F2N4O3. The zero-order valence-electron chi connectivity index (χ0n) is 19.0. The van der Waals surface area contributed by atoms with Crippen LogP contribution in [-0.4, -0.2) is 41.4 Å². The van der Waals surface area contributed by atoms with Crippen LogP contribution in [0.2, 0.25) is 0 Å². The van der Waals surface area contributed by atoms with E-state index in [9.17, 15) is 18.4 Å². The van der Waals surface area contributed by atoms with E-state index in [2.05, 4.69) is 15.3 Å². The normalized spacial score (nSPS) is 16.9. The third-order valence-electron chi connectivity index (χ3n) is 6.24. The van der Waals surface area contributed by atoms with Gasteiger partial charge in [-0.25, -0.2) is 8.78 Å². The number of benzene rings is 2. The van der Waals surface area contributed by atoms with E-state index >= 15 is 0 Å². The van der Waals surface area contributed by atoms with Gasteiger partial charge in [-0.2, -0.15) is 0 Å². The largest absolute Gasteiger partial charge is 0.455 e. The van der Waals surface area contributed by atoms with Gasteiger partial charge in [-0.3, -0.25) is 9.59 Å². The second-order valence-electron chi connectivity index (χ2n) is 8.64. The molecule has 35 heavy (non-hydrogen) atoms. The minimum Gasteiger partial charge on any atom is -0.455 e. The van der Waals surface area contributed by atoms with Crippen LogP contribution in [0.4, 0.5) is 14.5 Å². The van der Waals surface area contributed by atoms with Crippen LogP contribution in [0.5, 0.6) is 11.5 Å². The second kappa shape index (κ2) is 8.99. The number of hydrogen-bond donors (Lipinski definition) is 3. The maximum Gasteiger partial charge on any atom is 0.274 e. The Morgan fingerprint density at radius 3 is 2.63 bits per heavy atom. The molecule has 1 atom stereocenters. The first-order valence-electron chi connectivity index (χ1n) is 11.3. The minimum absolute atomic E-state index is 0.00490. The molecule has 180 valence electrons. The zero-order chi connectivity index (χ0) is 24.6. The van der Waals surface area contributed by atoms with E-state index in [1.165, 1.54) is 4.90 Å². The van der Waals surface area contributed by atoms with E-state index in [1.807, 2.05) is 18.2 Å². The van der Waals surface area contributed by atoms with Gasteiger partial charge in [0.25, 0.3) is 17.4 Å². The number of hydrogen-bond acceptors (Lipinski definition) is 4. The van der Waals surface area contributed by atoms with Crippen molar-refractivity contribution in [2.24, 2.45) is 5.92 Å². The number of anilines is 1. The van der Waals surface area contributed by atoms with Crippen LogP contribution in [0.3, 0.4) is 0 Å². The van der Waals surface area contributed by atoms with Gasteiger partial charge in [-0.15, -0.1) is 0 Å². The van der Waals surface area contributed by atoms with E-state index in [4.69, 9.17) is 4.74 Å². The van der Waals surface area contributed by atoms with Gasteiger partial charge in [-0.05, 0) is 37.3 Å². The number of aromatic nitrogens is 2. The summed E-state index contributed by atoms with van der Waals surface area (Å²) >= 11 is 0. The summed E-state index contributed by atoms with van der Waals surface area (Å²) in [4.78, 5) is 33.3. The van der Waals surface area contributed by atoms with Gasteiger partial charge >= 0.3 is 0 Å². The van der Waals surface area contributed by atoms with Gasteiger partial charge in [0.2, 0.25) is 0 Å². The summed E-state index contributed by atoms with van der Waals surface area (Å²) in [6, 6.07) is 17.3. The van der Waals surface area contributed by atoms with Crippen molar-refractivity contribution in [2.75, 3.05) is 24.5 Å². The van der Waals surface area contributed by atoms with Crippen LogP contribution in [0.15, 0.2) is 71.7 Å². The molecule has 0 aliphatic carbocycles. The van der Waals surface area contributed by atoms with E-state index in [-0.39, 0.29) is 18.8 Å². The molecule has 9 heteroatoms. The number of aryl methyl sites for hydroxylation is 1. The average Bonchev–Trinajstić information content (AvgIpc) is 3.39. The number of nitrogens with one attached hydrogen (secondary N) is 3. The first kappa shape index (κ1) is 22.8. The molecule has 0 radical (unpaired) electrons. The Labute approximate surface area is 199 Å². The first-order valence-corrected chi connectivity index (χ1v) is 11.3. The molecule has 0 spiro atoms. The van der Waals surface area contributed by atoms with Crippen molar-refractivity contribution in [3.8, 4) is 11.5 Å². The van der Waals surface area contributed by atoms with Crippen molar-refractivity contribution in [1.29, 1.82) is 0 Å². The van der Waals surface area contributed by atoms with Crippen LogP contribution in [0.25, 0.3) is 10.8 Å². The molecule has 0 bridgehead atoms. The van der Waals surface area contributed by atoms with Gasteiger partial charge in [0.05, 0.1) is 23.5 Å². The lowest BCUT2D eigenvalue weighted by Crippen LogP contribution is -2.42. The van der Waals surface area contributed by atoms with Crippen LogP contribution in [0.1, 0.15) is 16.2 Å². The summed E-state index contributed by atoms with van der Waals surface area (Å²) in [7, 11) is 0. The summed E-state index contributed by atoms with van der Waals surface area (Å²) < 4.78 is 35.2. The lowest BCUT2D eigenvalue weighted by atomic mass is 10.0. The lowest BCUT2D eigenvalue weighted by Gasteiger charge is -2.29. The Bertz CT molecular complexity index is 1430. The number of pyridine rings is 1. The van der Waals surface area contributed by atoms with Gasteiger partial charge < -0.3 is 24.9 Å². The highest BCUT2D eigenvalue weighted by Crippen LogP contribution is 2.36. The number of rotatable bonds is 6. The lowest BCUT2D eigenvalue weighted by molar-refractivity contribution is -0.0184. The molecule has 2 aromatic carbocycles. The van der Waals surface area contributed by atoms with Gasteiger partial charge in [-0.1, -0.05) is 30.3 Å². The third kappa shape index (κ3) is 4.42. The smallest absolute Gasteiger partial charge is 0.274 e. The molecule has 7 nitrogen and oxygen atoms in total. The van der Waals surface area contributed by atoms with Crippen LogP contribution >= 0.6 is 0 Å². The molecule has 1 unspecified atom stereocenters. The van der Waals surface area contributed by atoms with Crippen LogP contribution < -0.4 is 20.5 Å². The fourth-order valence-corrected chi connectivity index (χ4v) is 4.40. The molecule has 1 aliphatic rings. The first-order chi connectivity index (χ1) is 16.8. The number of ether oxygens (including phenoxy) is 1. The maximum atomic E-state index is 14.6. The molecule has 0 saturated carbocycles. The van der Waals surface area contributed by atoms with Crippen molar-refractivity contribution in [3.05, 3.63) is 88.6 Å². The highest BCUT2D eigenvalue weighted by atomic mass is 19.3. The highest BCUT2D eigenvalue weighted by Gasteiger charge is 2.45. The van der Waals surface area contributed by atoms with Crippen molar-refractivity contribution in [2.45, 2.75) is 12.8 Å². The SMILES string of the molecule is Cc1[nH]cc2cc(C(=O)N(CC3CNCC3(F)F)c3ccccc3Oc3ccccc3)[nH]c(=O)c12. The van der Waals surface area contributed by atoms with E-state index in [1.54, 1.807) is 55.6 Å². The molecular weight excluding hydrogens is 454 g/mol. The molecule has 1 aliphatic heterocycles. The van der Waals surface area contributed by atoms with Gasteiger partial charge in [0.1, 0.15) is 11.4 Å². The van der Waals surface area contributed by atoms with E-state index < -0.39 is 29.9 Å². The average molecular weight is 478 g/mol. The number of carbonyl (C=O) groups excluding carboxylic acids is 1.